The van der Waals surface area contributed by atoms with E-state index in [2.05, 4.69) is 0 Å². The molecule has 1 unspecified atom stereocenters. The van der Waals surface area contributed by atoms with Crippen LogP contribution in [0.2, 0.25) is 0 Å². The van der Waals surface area contributed by atoms with E-state index in [0.29, 0.717) is 88.1 Å². The van der Waals surface area contributed by atoms with E-state index in [1.807, 2.05) is 21.1 Å². The summed E-state index contributed by atoms with van der Waals surface area (Å²) in [5.74, 6) is -38.1. The van der Waals surface area contributed by atoms with Gasteiger partial charge in [0.15, 0.2) is 0 Å². The Labute approximate surface area is 362 Å². The van der Waals surface area contributed by atoms with E-state index in [1.54, 1.807) is 0 Å². The van der Waals surface area contributed by atoms with E-state index < -0.39 is 94.1 Å². The van der Waals surface area contributed by atoms with Crippen LogP contribution in [0.15, 0.2) is 0 Å². The molecule has 0 fully saturated rings. The molecule has 0 saturated heterocycles. The molecule has 0 N–H and O–H groups in total. The molecule has 0 aliphatic rings. The predicted octanol–water partition coefficient (Wildman–Crippen LogP) is 13.3. The molecule has 0 radical (unpaired) electrons. The molecule has 26 heteroatoms. The minimum Gasteiger partial charge on any atom is -0.756 e. The minimum absolute atomic E-state index is 0.0496. The molecule has 0 aliphatic carbocycles. The maximum absolute atomic E-state index is 13.6. The molecule has 0 spiro atoms. The van der Waals surface area contributed by atoms with Crippen molar-refractivity contribution in [3.8, 4) is 0 Å². The summed E-state index contributed by atoms with van der Waals surface area (Å²) in [4.78, 5) is 12.3. The van der Waals surface area contributed by atoms with Gasteiger partial charge in [0.25, 0.3) is 7.82 Å². The number of likely N-dealkylation sites (N-methyl/N-ethyl adjacent to an activating group) is 1. The number of halogens is 18. The number of hydrogen-bond acceptors (Lipinski definition) is 6. The summed E-state index contributed by atoms with van der Waals surface area (Å²) in [6, 6.07) is 0. The second-order valence-corrected chi connectivity index (χ2v) is 18.1. The Bertz CT molecular complexity index is 1320. The van der Waals surface area contributed by atoms with Gasteiger partial charge in [-0.25, -0.2) is 0 Å². The minimum atomic E-state index is -6.90. The third kappa shape index (κ3) is 21.8. The summed E-state index contributed by atoms with van der Waals surface area (Å²) < 4.78 is 267. The van der Waals surface area contributed by atoms with Crippen molar-refractivity contribution in [2.24, 2.45) is 0 Å². The highest BCUT2D eigenvalue weighted by Gasteiger charge is 2.82. The summed E-state index contributed by atoms with van der Waals surface area (Å²) >= 11 is 0. The van der Waals surface area contributed by atoms with Gasteiger partial charge in [0.2, 0.25) is 0 Å². The number of nitrogens with zero attached hydrogens (tertiary/aromatic N) is 1. The van der Waals surface area contributed by atoms with Crippen LogP contribution in [0.5, 0.6) is 0 Å². The van der Waals surface area contributed by atoms with Crippen LogP contribution in [-0.4, -0.2) is 119 Å². The number of phosphoric acid groups is 1. The Hall–Kier alpha value is -1.27. The average Bonchev–Trinajstić information content (AvgIpc) is 3.13. The Balaban J connectivity index is 4.52. The number of alkyl halides is 18. The molecule has 0 aromatic carbocycles. The van der Waals surface area contributed by atoms with Crippen LogP contribution in [0, 0.1) is 0 Å². The molecule has 0 saturated carbocycles. The zero-order chi connectivity index (χ0) is 49.8. The lowest BCUT2D eigenvalue weighted by atomic mass is 9.97. The SMILES string of the molecule is C[N+](C)(C)CCOP(=O)([O-])OC[C@@H](COCCCCCCCCCCCC(F)(F)C(F)(F)C(F)(F)C(F)(F)F)OCCCCCCCCCCCC(F)(F)C(F)(F)C(F)(F)C(F)(F)F. The van der Waals surface area contributed by atoms with Gasteiger partial charge in [0.05, 0.1) is 34.4 Å². The smallest absolute Gasteiger partial charge is 0.460 e. The van der Waals surface area contributed by atoms with Crippen molar-refractivity contribution in [2.75, 3.05) is 60.7 Å². The van der Waals surface area contributed by atoms with Crippen LogP contribution < -0.4 is 4.89 Å². The molecule has 2 atom stereocenters. The van der Waals surface area contributed by atoms with Crippen molar-refractivity contribution < 1.29 is 111 Å². The predicted molar refractivity (Wildman–Crippen MR) is 197 cm³/mol. The molecular weight excluding hydrogens is 939 g/mol. The number of ether oxygens (including phenoxy) is 2. The molecule has 0 heterocycles. The van der Waals surface area contributed by atoms with Gasteiger partial charge in [-0.1, -0.05) is 89.9 Å². The van der Waals surface area contributed by atoms with Gasteiger partial charge in [-0.2, -0.15) is 79.0 Å². The fraction of sp³-hybridized carbons (Fsp3) is 1.00. The Morgan fingerprint density at radius 3 is 1.11 bits per heavy atom. The summed E-state index contributed by atoms with van der Waals surface area (Å²) in [6.07, 6.45) is -11.9. The lowest BCUT2D eigenvalue weighted by Gasteiger charge is -2.33. The first kappa shape index (κ1) is 62.7. The standard InChI is InChI=1S/C38H62F18NO6P/c1-57(2,3)24-27-62-64(58,59)63-29-30(61-26-21-17-13-9-5-7-11-15-19-23-32(41,42)34(45,46)36(49,50)38(54,55)56)28-60-25-20-16-12-8-4-6-10-14-18-22-31(39,40)33(43,44)35(47,48)37(51,52)53/h30H,4-29H2,1-3H3/t30-/m1/s1. The first-order valence-corrected chi connectivity index (χ1v) is 22.5. The highest BCUT2D eigenvalue weighted by molar-refractivity contribution is 7.45. The molecule has 0 rings (SSSR count). The van der Waals surface area contributed by atoms with Crippen molar-refractivity contribution in [2.45, 2.75) is 182 Å². The first-order chi connectivity index (χ1) is 29.0. The highest BCUT2D eigenvalue weighted by Crippen LogP contribution is 2.55. The molecule has 0 aromatic rings. The summed E-state index contributed by atoms with van der Waals surface area (Å²) in [7, 11) is 0.794. The van der Waals surface area contributed by atoms with Crippen LogP contribution in [0.1, 0.15) is 128 Å². The van der Waals surface area contributed by atoms with E-state index in [4.69, 9.17) is 18.5 Å². The number of rotatable bonds is 38. The summed E-state index contributed by atoms with van der Waals surface area (Å²) in [6.45, 7) is 0.200. The van der Waals surface area contributed by atoms with Gasteiger partial charge in [-0.05, 0) is 25.7 Å². The van der Waals surface area contributed by atoms with Crippen molar-refractivity contribution >= 4 is 7.82 Å². The fourth-order valence-electron chi connectivity index (χ4n) is 5.85. The second kappa shape index (κ2) is 27.1. The third-order valence-corrected chi connectivity index (χ3v) is 10.9. The van der Waals surface area contributed by atoms with Gasteiger partial charge in [-0.15, -0.1) is 0 Å². The van der Waals surface area contributed by atoms with Crippen LogP contribution in [-0.2, 0) is 23.1 Å². The van der Waals surface area contributed by atoms with E-state index in [9.17, 15) is 88.5 Å². The summed E-state index contributed by atoms with van der Waals surface area (Å²) in [5.41, 5.74) is 0. The van der Waals surface area contributed by atoms with Gasteiger partial charge in [0, 0.05) is 26.1 Å². The first-order valence-electron chi connectivity index (χ1n) is 21.0. The highest BCUT2D eigenvalue weighted by atomic mass is 31.2. The van der Waals surface area contributed by atoms with Crippen LogP contribution in [0.4, 0.5) is 79.0 Å². The van der Waals surface area contributed by atoms with E-state index >= 15 is 0 Å². The Morgan fingerprint density at radius 1 is 0.438 bits per heavy atom. The van der Waals surface area contributed by atoms with Crippen LogP contribution in [0.3, 0.4) is 0 Å². The Morgan fingerprint density at radius 2 is 0.766 bits per heavy atom. The van der Waals surface area contributed by atoms with Crippen molar-refractivity contribution in [3.05, 3.63) is 0 Å². The quantitative estimate of drug-likeness (QED) is 0.0265. The summed E-state index contributed by atoms with van der Waals surface area (Å²) in [5, 5.41) is 0. The van der Waals surface area contributed by atoms with Gasteiger partial charge >= 0.3 is 47.9 Å². The van der Waals surface area contributed by atoms with Crippen molar-refractivity contribution in [1.82, 2.24) is 0 Å². The molecule has 0 bridgehead atoms. The van der Waals surface area contributed by atoms with Crippen molar-refractivity contribution in [1.29, 1.82) is 0 Å². The molecule has 0 aliphatic heterocycles. The normalized spacial score (nSPS) is 15.8. The average molecular weight is 1000 g/mol. The number of phosphoric ester groups is 1. The molecular formula is C38H62F18NO6P. The van der Waals surface area contributed by atoms with E-state index in [0.717, 1.165) is 0 Å². The fourth-order valence-corrected chi connectivity index (χ4v) is 6.58. The van der Waals surface area contributed by atoms with E-state index in [1.165, 1.54) is 0 Å². The van der Waals surface area contributed by atoms with Crippen LogP contribution >= 0.6 is 7.82 Å². The number of hydrogen-bond donors (Lipinski definition) is 0. The number of unbranched alkanes of at least 4 members (excludes halogenated alkanes) is 16. The molecule has 7 nitrogen and oxygen atoms in total. The van der Waals surface area contributed by atoms with E-state index in [-0.39, 0.29) is 52.1 Å². The maximum Gasteiger partial charge on any atom is 0.460 e. The number of quaternary nitrogens is 1. The lowest BCUT2D eigenvalue weighted by molar-refractivity contribution is -0.870. The topological polar surface area (TPSA) is 77.1 Å². The van der Waals surface area contributed by atoms with Crippen molar-refractivity contribution in [3.63, 3.8) is 0 Å². The maximum atomic E-state index is 13.6. The molecule has 0 amide bonds. The molecule has 64 heavy (non-hydrogen) atoms. The van der Waals surface area contributed by atoms with Gasteiger partial charge < -0.3 is 27.9 Å². The molecule has 386 valence electrons. The second-order valence-electron chi connectivity index (χ2n) is 16.7. The monoisotopic (exact) mass is 1000 g/mol. The van der Waals surface area contributed by atoms with Gasteiger partial charge in [-0.3, -0.25) is 4.57 Å². The molecule has 0 aromatic heterocycles. The lowest BCUT2D eigenvalue weighted by Crippen LogP contribution is -2.60. The Kier molecular flexibility index (Phi) is 26.5. The third-order valence-electron chi connectivity index (χ3n) is 9.92. The largest absolute Gasteiger partial charge is 0.756 e. The van der Waals surface area contributed by atoms with Gasteiger partial charge in [0.1, 0.15) is 19.3 Å². The zero-order valence-corrected chi connectivity index (χ0v) is 37.0. The van der Waals surface area contributed by atoms with Crippen LogP contribution in [0.25, 0.3) is 0 Å². The zero-order valence-electron chi connectivity index (χ0n) is 36.1.